The Labute approximate surface area is 233 Å². The third-order valence-electron chi connectivity index (χ3n) is 6.56. The quantitative estimate of drug-likeness (QED) is 0.325. The van der Waals surface area contributed by atoms with Gasteiger partial charge in [-0.25, -0.2) is 5.43 Å². The Morgan fingerprint density at radius 3 is 2.08 bits per heavy atom. The summed E-state index contributed by atoms with van der Waals surface area (Å²) in [5, 5.41) is 4.37. The van der Waals surface area contributed by atoms with Gasteiger partial charge in [-0.3, -0.25) is 4.79 Å². The highest BCUT2D eigenvalue weighted by atomic mass is 16.5. The number of hydrazone groups is 1. The van der Waals surface area contributed by atoms with Gasteiger partial charge in [0.1, 0.15) is 0 Å². The number of rotatable bonds is 10. The maximum atomic E-state index is 12.5. The lowest BCUT2D eigenvalue weighted by Crippen LogP contribution is -2.43. The van der Waals surface area contributed by atoms with Gasteiger partial charge in [-0.2, -0.15) is 20.1 Å². The summed E-state index contributed by atoms with van der Waals surface area (Å²) in [6, 6.07) is 5.43. The van der Waals surface area contributed by atoms with Crippen LogP contribution < -0.4 is 24.7 Å². The second-order valence-electron chi connectivity index (χ2n) is 9.25. The van der Waals surface area contributed by atoms with Crippen LogP contribution in [-0.2, 0) is 19.0 Å². The normalized spacial score (nSPS) is 18.2. The minimum absolute atomic E-state index is 0.0641. The van der Waals surface area contributed by atoms with E-state index in [1.807, 2.05) is 19.1 Å². The summed E-state index contributed by atoms with van der Waals surface area (Å²) in [4.78, 5) is 32.3. The number of morpholine rings is 3. The number of hydrogen-bond acceptors (Lipinski definition) is 13. The van der Waals surface area contributed by atoms with E-state index in [0.29, 0.717) is 115 Å². The summed E-state index contributed by atoms with van der Waals surface area (Å²) in [6.45, 7) is 9.88. The van der Waals surface area contributed by atoms with Crippen LogP contribution >= 0.6 is 0 Å². The van der Waals surface area contributed by atoms with Crippen molar-refractivity contribution in [2.24, 2.45) is 5.10 Å². The molecule has 3 aliphatic rings. The number of nitrogens with one attached hydrogen (secondary N) is 1. The molecule has 1 amide bonds. The lowest BCUT2D eigenvalue weighted by Gasteiger charge is -2.30. The Bertz CT molecular complexity index is 1110. The molecule has 4 heterocycles. The van der Waals surface area contributed by atoms with Gasteiger partial charge in [0.25, 0.3) is 5.91 Å². The van der Waals surface area contributed by atoms with Gasteiger partial charge >= 0.3 is 0 Å². The zero-order valence-corrected chi connectivity index (χ0v) is 22.8. The zero-order chi connectivity index (χ0) is 27.6. The first-order chi connectivity index (χ1) is 19.7. The SMILES string of the molecule is CCOc1cc(/C=N/Nc2nc(N3CCOCC3)nc(N3CCOCC3)n2)ccc1OCC(=O)N1CCOCC1. The number of anilines is 3. The van der Waals surface area contributed by atoms with Crippen molar-refractivity contribution in [1.82, 2.24) is 19.9 Å². The van der Waals surface area contributed by atoms with Crippen LogP contribution in [0.25, 0.3) is 0 Å². The molecule has 0 radical (unpaired) electrons. The van der Waals surface area contributed by atoms with E-state index in [1.54, 1.807) is 17.2 Å². The second kappa shape index (κ2) is 14.1. The topological polar surface area (TPSA) is 136 Å². The zero-order valence-electron chi connectivity index (χ0n) is 22.8. The number of aromatic nitrogens is 3. The molecule has 1 aromatic heterocycles. The number of amides is 1. The molecule has 0 bridgehead atoms. The fourth-order valence-corrected chi connectivity index (χ4v) is 4.41. The molecule has 0 spiro atoms. The molecule has 2 aromatic rings. The Morgan fingerprint density at radius 2 is 1.48 bits per heavy atom. The van der Waals surface area contributed by atoms with Gasteiger partial charge in [0.05, 0.1) is 52.5 Å². The lowest BCUT2D eigenvalue weighted by atomic mass is 10.2. The maximum absolute atomic E-state index is 12.5. The van der Waals surface area contributed by atoms with Crippen LogP contribution in [0.1, 0.15) is 12.5 Å². The molecule has 216 valence electrons. The highest BCUT2D eigenvalue weighted by Crippen LogP contribution is 2.28. The summed E-state index contributed by atoms with van der Waals surface area (Å²) in [5.74, 6) is 2.47. The molecule has 3 fully saturated rings. The highest BCUT2D eigenvalue weighted by Gasteiger charge is 2.21. The third kappa shape index (κ3) is 7.46. The molecule has 0 unspecified atom stereocenters. The van der Waals surface area contributed by atoms with Gasteiger partial charge in [-0.15, -0.1) is 0 Å². The molecule has 14 nitrogen and oxygen atoms in total. The maximum Gasteiger partial charge on any atom is 0.260 e. The van der Waals surface area contributed by atoms with E-state index in [4.69, 9.17) is 28.7 Å². The van der Waals surface area contributed by atoms with E-state index in [2.05, 4.69) is 30.3 Å². The molecule has 14 heteroatoms. The molecule has 0 saturated carbocycles. The summed E-state index contributed by atoms with van der Waals surface area (Å²) in [6.07, 6.45) is 1.65. The molecule has 40 heavy (non-hydrogen) atoms. The summed E-state index contributed by atoms with van der Waals surface area (Å²) < 4.78 is 27.8. The van der Waals surface area contributed by atoms with E-state index in [1.165, 1.54) is 0 Å². The smallest absolute Gasteiger partial charge is 0.260 e. The molecule has 5 rings (SSSR count). The first-order valence-electron chi connectivity index (χ1n) is 13.7. The Morgan fingerprint density at radius 1 is 0.875 bits per heavy atom. The first-order valence-corrected chi connectivity index (χ1v) is 13.7. The van der Waals surface area contributed by atoms with Crippen molar-refractivity contribution in [3.63, 3.8) is 0 Å². The van der Waals surface area contributed by atoms with Gasteiger partial charge in [0.2, 0.25) is 17.8 Å². The molecule has 1 N–H and O–H groups in total. The Hall–Kier alpha value is -3.75. The van der Waals surface area contributed by atoms with Crippen molar-refractivity contribution in [2.45, 2.75) is 6.92 Å². The van der Waals surface area contributed by atoms with Gasteiger partial charge in [-0.1, -0.05) is 0 Å². The van der Waals surface area contributed by atoms with Crippen LogP contribution in [0.3, 0.4) is 0 Å². The van der Waals surface area contributed by atoms with E-state index in [0.717, 1.165) is 5.56 Å². The average Bonchev–Trinajstić information content (AvgIpc) is 3.02. The fraction of sp³-hybridized carbons (Fsp3) is 0.577. The number of benzene rings is 1. The summed E-state index contributed by atoms with van der Waals surface area (Å²) in [7, 11) is 0. The van der Waals surface area contributed by atoms with Crippen LogP contribution in [0.2, 0.25) is 0 Å². The molecule has 3 saturated heterocycles. The number of carbonyl (C=O) groups excluding carboxylic acids is 1. The average molecular weight is 557 g/mol. The molecular formula is C26H36N8O6. The summed E-state index contributed by atoms with van der Waals surface area (Å²) >= 11 is 0. The van der Waals surface area contributed by atoms with Crippen molar-refractivity contribution in [1.29, 1.82) is 0 Å². The van der Waals surface area contributed by atoms with E-state index >= 15 is 0 Å². The monoisotopic (exact) mass is 556 g/mol. The van der Waals surface area contributed by atoms with Gasteiger partial charge < -0.3 is 38.4 Å². The van der Waals surface area contributed by atoms with Crippen LogP contribution in [0.15, 0.2) is 23.3 Å². The van der Waals surface area contributed by atoms with Crippen molar-refractivity contribution < 1.29 is 28.5 Å². The number of ether oxygens (including phenoxy) is 5. The van der Waals surface area contributed by atoms with Crippen molar-refractivity contribution >= 4 is 30.0 Å². The minimum Gasteiger partial charge on any atom is -0.490 e. The van der Waals surface area contributed by atoms with E-state index in [9.17, 15) is 4.79 Å². The van der Waals surface area contributed by atoms with Gasteiger partial charge in [0, 0.05) is 39.3 Å². The second-order valence-corrected chi connectivity index (χ2v) is 9.25. The molecule has 1 aromatic carbocycles. The predicted molar refractivity (Wildman–Crippen MR) is 148 cm³/mol. The fourth-order valence-electron chi connectivity index (χ4n) is 4.41. The molecule has 0 aliphatic carbocycles. The number of nitrogens with zero attached hydrogens (tertiary/aromatic N) is 7. The van der Waals surface area contributed by atoms with Gasteiger partial charge in [0.15, 0.2) is 18.1 Å². The van der Waals surface area contributed by atoms with Crippen molar-refractivity contribution in [3.05, 3.63) is 23.8 Å². The predicted octanol–water partition coefficient (Wildman–Crippen LogP) is 0.627. The first kappa shape index (κ1) is 27.8. The van der Waals surface area contributed by atoms with Crippen LogP contribution in [0.4, 0.5) is 17.8 Å². The number of carbonyl (C=O) groups is 1. The van der Waals surface area contributed by atoms with Crippen molar-refractivity contribution in [3.8, 4) is 11.5 Å². The standard InChI is InChI=1S/C26H36N8O6/c1-2-39-22-17-20(3-4-21(22)40-19-23(35)32-5-11-36-12-6-32)18-27-31-24-28-25(33-7-13-37-14-8-33)30-26(29-24)34-9-15-38-16-10-34/h3-4,17-18H,2,5-16,19H2,1H3,(H,28,29,30,31)/b27-18+. The van der Waals surface area contributed by atoms with Crippen LogP contribution in [-0.4, -0.2) is 124 Å². The minimum atomic E-state index is -0.0779. The van der Waals surface area contributed by atoms with Crippen molar-refractivity contribution in [2.75, 3.05) is 107 Å². The molecule has 0 atom stereocenters. The molecular weight excluding hydrogens is 520 g/mol. The lowest BCUT2D eigenvalue weighted by molar-refractivity contribution is -0.137. The summed E-state index contributed by atoms with van der Waals surface area (Å²) in [5.41, 5.74) is 3.73. The highest BCUT2D eigenvalue weighted by molar-refractivity contribution is 5.81. The largest absolute Gasteiger partial charge is 0.490 e. The van der Waals surface area contributed by atoms with Crippen LogP contribution in [0, 0.1) is 0 Å². The van der Waals surface area contributed by atoms with E-state index < -0.39 is 0 Å². The van der Waals surface area contributed by atoms with Crippen LogP contribution in [0.5, 0.6) is 11.5 Å². The third-order valence-corrected chi connectivity index (χ3v) is 6.56. The Kier molecular flexibility index (Phi) is 9.77. The van der Waals surface area contributed by atoms with E-state index in [-0.39, 0.29) is 12.5 Å². The molecule has 3 aliphatic heterocycles. The van der Waals surface area contributed by atoms with Gasteiger partial charge in [-0.05, 0) is 30.7 Å². The number of hydrogen-bond donors (Lipinski definition) is 1. The Balaban J connectivity index is 1.26.